The van der Waals surface area contributed by atoms with E-state index in [0.717, 1.165) is 0 Å². The summed E-state index contributed by atoms with van der Waals surface area (Å²) in [5.41, 5.74) is 0.523. The number of carbonyl (C=O) groups excluding carboxylic acids is 3. The number of ether oxygens (including phenoxy) is 1. The van der Waals surface area contributed by atoms with E-state index in [2.05, 4.69) is 5.32 Å². The molecular weight excluding hydrogens is 401 g/mol. The third-order valence-electron chi connectivity index (χ3n) is 4.81. The standard InChI is InChI=1S/C23H24FN3O4/c1-2-31-23(30)27-14-12-26(13-15-27)22(29)20(16-18-10-6-7-11-19(18)24)25-21(28)17-8-4-3-5-9-17/h3-11,16H,2,12-15H2,1H3,(H,25,28)/b20-16-. The maximum absolute atomic E-state index is 14.2. The highest BCUT2D eigenvalue weighted by atomic mass is 19.1. The summed E-state index contributed by atoms with van der Waals surface area (Å²) in [6.07, 6.45) is 0.907. The van der Waals surface area contributed by atoms with E-state index in [1.54, 1.807) is 49.4 Å². The number of benzene rings is 2. The van der Waals surface area contributed by atoms with Crippen LogP contribution in [0.5, 0.6) is 0 Å². The molecule has 1 N–H and O–H groups in total. The highest BCUT2D eigenvalue weighted by Gasteiger charge is 2.27. The number of halogens is 1. The normalized spacial score (nSPS) is 14.2. The lowest BCUT2D eigenvalue weighted by atomic mass is 10.1. The van der Waals surface area contributed by atoms with E-state index in [-0.39, 0.29) is 31.0 Å². The van der Waals surface area contributed by atoms with Crippen molar-refractivity contribution >= 4 is 24.0 Å². The third-order valence-corrected chi connectivity index (χ3v) is 4.81. The van der Waals surface area contributed by atoms with Gasteiger partial charge in [0.25, 0.3) is 11.8 Å². The molecule has 0 atom stereocenters. The number of rotatable bonds is 5. The van der Waals surface area contributed by atoms with Gasteiger partial charge in [0.2, 0.25) is 0 Å². The molecule has 31 heavy (non-hydrogen) atoms. The Morgan fingerprint density at radius 2 is 1.58 bits per heavy atom. The van der Waals surface area contributed by atoms with Gasteiger partial charge in [-0.2, -0.15) is 0 Å². The Morgan fingerprint density at radius 3 is 2.23 bits per heavy atom. The summed E-state index contributed by atoms with van der Waals surface area (Å²) in [6.45, 7) is 3.17. The van der Waals surface area contributed by atoms with Gasteiger partial charge in [-0.05, 0) is 31.2 Å². The Kier molecular flexibility index (Phi) is 7.37. The molecule has 1 heterocycles. The SMILES string of the molecule is CCOC(=O)N1CCN(C(=O)/C(=C/c2ccccc2F)NC(=O)c2ccccc2)CC1. The molecule has 3 amide bonds. The summed E-state index contributed by atoms with van der Waals surface area (Å²) in [5.74, 6) is -1.42. The zero-order valence-electron chi connectivity index (χ0n) is 17.2. The number of nitrogens with one attached hydrogen (secondary N) is 1. The second kappa shape index (κ2) is 10.4. The summed E-state index contributed by atoms with van der Waals surface area (Å²) < 4.78 is 19.2. The highest BCUT2D eigenvalue weighted by Crippen LogP contribution is 2.14. The summed E-state index contributed by atoms with van der Waals surface area (Å²) in [4.78, 5) is 40.7. The summed E-state index contributed by atoms with van der Waals surface area (Å²) in [7, 11) is 0. The van der Waals surface area contributed by atoms with Crippen LogP contribution in [0.2, 0.25) is 0 Å². The first-order chi connectivity index (χ1) is 15.0. The molecular formula is C23H24FN3O4. The Morgan fingerprint density at radius 1 is 0.968 bits per heavy atom. The molecule has 0 radical (unpaired) electrons. The molecule has 8 heteroatoms. The van der Waals surface area contributed by atoms with Crippen LogP contribution in [0.4, 0.5) is 9.18 Å². The molecule has 1 aliphatic heterocycles. The molecule has 1 fully saturated rings. The maximum Gasteiger partial charge on any atom is 0.409 e. The van der Waals surface area contributed by atoms with Crippen LogP contribution in [0.15, 0.2) is 60.3 Å². The minimum atomic E-state index is -0.506. The van der Waals surface area contributed by atoms with Crippen molar-refractivity contribution in [3.8, 4) is 0 Å². The first-order valence-corrected chi connectivity index (χ1v) is 10.0. The Labute approximate surface area is 180 Å². The van der Waals surface area contributed by atoms with Gasteiger partial charge in [-0.3, -0.25) is 9.59 Å². The first kappa shape index (κ1) is 22.0. The fraction of sp³-hybridized carbons (Fsp3) is 0.261. The van der Waals surface area contributed by atoms with Gasteiger partial charge in [0.15, 0.2) is 0 Å². The zero-order valence-corrected chi connectivity index (χ0v) is 17.2. The van der Waals surface area contributed by atoms with Gasteiger partial charge < -0.3 is 19.9 Å². The molecule has 0 saturated carbocycles. The van der Waals surface area contributed by atoms with Crippen molar-refractivity contribution in [2.75, 3.05) is 32.8 Å². The van der Waals surface area contributed by atoms with E-state index >= 15 is 0 Å². The minimum Gasteiger partial charge on any atom is -0.450 e. The number of hydrogen-bond acceptors (Lipinski definition) is 4. The van der Waals surface area contributed by atoms with E-state index in [0.29, 0.717) is 18.7 Å². The Balaban J connectivity index is 1.79. The van der Waals surface area contributed by atoms with Crippen LogP contribution in [-0.2, 0) is 9.53 Å². The van der Waals surface area contributed by atoms with Crippen molar-refractivity contribution in [3.05, 3.63) is 77.2 Å². The van der Waals surface area contributed by atoms with E-state index in [1.165, 1.54) is 28.0 Å². The lowest BCUT2D eigenvalue weighted by Crippen LogP contribution is -2.52. The van der Waals surface area contributed by atoms with Gasteiger partial charge in [0.05, 0.1) is 6.61 Å². The van der Waals surface area contributed by atoms with E-state index in [4.69, 9.17) is 4.74 Å². The Bertz CT molecular complexity index is 970. The molecule has 2 aromatic rings. The van der Waals surface area contributed by atoms with Crippen molar-refractivity contribution in [1.29, 1.82) is 0 Å². The van der Waals surface area contributed by atoms with Crippen LogP contribution in [0.25, 0.3) is 6.08 Å². The predicted octanol–water partition coefficient (Wildman–Crippen LogP) is 2.90. The second-order valence-corrected chi connectivity index (χ2v) is 6.88. The Hall–Kier alpha value is -3.68. The molecule has 162 valence electrons. The maximum atomic E-state index is 14.2. The van der Waals surface area contributed by atoms with Crippen LogP contribution >= 0.6 is 0 Å². The van der Waals surface area contributed by atoms with Crippen LogP contribution in [0.3, 0.4) is 0 Å². The second-order valence-electron chi connectivity index (χ2n) is 6.88. The molecule has 1 saturated heterocycles. The zero-order chi connectivity index (χ0) is 22.2. The van der Waals surface area contributed by atoms with Crippen molar-refractivity contribution < 1.29 is 23.5 Å². The lowest BCUT2D eigenvalue weighted by Gasteiger charge is -2.34. The molecule has 2 aromatic carbocycles. The number of piperazine rings is 1. The topological polar surface area (TPSA) is 79.0 Å². The van der Waals surface area contributed by atoms with E-state index < -0.39 is 23.7 Å². The molecule has 0 aromatic heterocycles. The fourth-order valence-electron chi connectivity index (χ4n) is 3.16. The molecule has 1 aliphatic rings. The smallest absolute Gasteiger partial charge is 0.409 e. The van der Waals surface area contributed by atoms with Crippen molar-refractivity contribution in [2.24, 2.45) is 0 Å². The van der Waals surface area contributed by atoms with Crippen LogP contribution < -0.4 is 5.32 Å². The summed E-state index contributed by atoms with van der Waals surface area (Å²) in [5, 5.41) is 2.62. The van der Waals surface area contributed by atoms with Gasteiger partial charge in [-0.1, -0.05) is 36.4 Å². The molecule has 7 nitrogen and oxygen atoms in total. The largest absolute Gasteiger partial charge is 0.450 e. The van der Waals surface area contributed by atoms with E-state index in [1.807, 2.05) is 0 Å². The molecule has 0 bridgehead atoms. The van der Waals surface area contributed by atoms with Gasteiger partial charge in [-0.25, -0.2) is 9.18 Å². The molecule has 0 aliphatic carbocycles. The summed E-state index contributed by atoms with van der Waals surface area (Å²) in [6, 6.07) is 14.5. The summed E-state index contributed by atoms with van der Waals surface area (Å²) >= 11 is 0. The van der Waals surface area contributed by atoms with Gasteiger partial charge in [0, 0.05) is 37.3 Å². The number of nitrogens with zero attached hydrogens (tertiary/aromatic N) is 2. The molecule has 3 rings (SSSR count). The average Bonchev–Trinajstić information content (AvgIpc) is 2.80. The third kappa shape index (κ3) is 5.69. The monoisotopic (exact) mass is 425 g/mol. The van der Waals surface area contributed by atoms with Crippen LogP contribution in [0.1, 0.15) is 22.8 Å². The quantitative estimate of drug-likeness (QED) is 0.748. The predicted molar refractivity (Wildman–Crippen MR) is 113 cm³/mol. The van der Waals surface area contributed by atoms with Gasteiger partial charge in [0.1, 0.15) is 11.5 Å². The van der Waals surface area contributed by atoms with Gasteiger partial charge in [-0.15, -0.1) is 0 Å². The average molecular weight is 425 g/mol. The number of amides is 3. The first-order valence-electron chi connectivity index (χ1n) is 10.0. The van der Waals surface area contributed by atoms with Crippen molar-refractivity contribution in [1.82, 2.24) is 15.1 Å². The van der Waals surface area contributed by atoms with Crippen molar-refractivity contribution in [2.45, 2.75) is 6.92 Å². The van der Waals surface area contributed by atoms with Crippen LogP contribution in [0, 0.1) is 5.82 Å². The number of hydrogen-bond donors (Lipinski definition) is 1. The van der Waals surface area contributed by atoms with Gasteiger partial charge >= 0.3 is 6.09 Å². The van der Waals surface area contributed by atoms with Crippen molar-refractivity contribution in [3.63, 3.8) is 0 Å². The minimum absolute atomic E-state index is 0.0384. The molecule has 0 spiro atoms. The number of carbonyl (C=O) groups is 3. The van der Waals surface area contributed by atoms with E-state index in [9.17, 15) is 18.8 Å². The lowest BCUT2D eigenvalue weighted by molar-refractivity contribution is -0.128. The van der Waals surface area contributed by atoms with Crippen LogP contribution in [-0.4, -0.2) is 60.5 Å². The molecule has 0 unspecified atom stereocenters. The highest BCUT2D eigenvalue weighted by molar-refractivity contribution is 6.05. The fourth-order valence-corrected chi connectivity index (χ4v) is 3.16.